The molecule has 1 saturated carbocycles. The van der Waals surface area contributed by atoms with Crippen LogP contribution in [0.2, 0.25) is 0 Å². The van der Waals surface area contributed by atoms with E-state index >= 15 is 0 Å². The van der Waals surface area contributed by atoms with Gasteiger partial charge in [0.25, 0.3) is 0 Å². The zero-order valence-electron chi connectivity index (χ0n) is 13.3. The molecule has 0 aromatic carbocycles. The summed E-state index contributed by atoms with van der Waals surface area (Å²) in [5.74, 6) is -0.806. The second-order valence-electron chi connectivity index (χ2n) is 6.93. The number of fused-ring (bicyclic) bond motifs is 1. The quantitative estimate of drug-likeness (QED) is 0.784. The molecule has 2 aliphatic carbocycles. The van der Waals surface area contributed by atoms with E-state index < -0.39 is 11.2 Å². The maximum Gasteiger partial charge on any atom is 0.337 e. The molecule has 4 nitrogen and oxygen atoms in total. The van der Waals surface area contributed by atoms with E-state index in [0.717, 1.165) is 18.4 Å². The van der Waals surface area contributed by atoms with Gasteiger partial charge >= 0.3 is 5.97 Å². The minimum atomic E-state index is -1.01. The molecule has 118 valence electrons. The van der Waals surface area contributed by atoms with Crippen molar-refractivity contribution < 1.29 is 19.7 Å². The standard InChI is InChI=1S/C17H26O4/c1-5-21-15(18)12-9-11-7-6-8-17(4,20)14(11)13(10-12)16(2,3)19/h9-10,13-14,19-20H,5-8H2,1-4H3/t13?,14-,17+/m1/s1. The minimum Gasteiger partial charge on any atom is -0.462 e. The van der Waals surface area contributed by atoms with E-state index in [1.165, 1.54) is 0 Å². The van der Waals surface area contributed by atoms with E-state index in [2.05, 4.69) is 0 Å². The van der Waals surface area contributed by atoms with Crippen LogP contribution in [0.25, 0.3) is 0 Å². The van der Waals surface area contributed by atoms with Crippen LogP contribution in [0.3, 0.4) is 0 Å². The van der Waals surface area contributed by atoms with Gasteiger partial charge in [0.15, 0.2) is 0 Å². The van der Waals surface area contributed by atoms with E-state index in [1.807, 2.05) is 13.0 Å². The van der Waals surface area contributed by atoms with Crippen molar-refractivity contribution in [2.75, 3.05) is 6.61 Å². The monoisotopic (exact) mass is 294 g/mol. The Kier molecular flexibility index (Phi) is 4.31. The van der Waals surface area contributed by atoms with Crippen molar-refractivity contribution >= 4 is 5.97 Å². The smallest absolute Gasteiger partial charge is 0.337 e. The second kappa shape index (κ2) is 5.58. The summed E-state index contributed by atoms with van der Waals surface area (Å²) in [7, 11) is 0. The highest BCUT2D eigenvalue weighted by Gasteiger charge is 2.48. The van der Waals surface area contributed by atoms with Gasteiger partial charge in [0.1, 0.15) is 0 Å². The van der Waals surface area contributed by atoms with E-state index in [0.29, 0.717) is 18.6 Å². The zero-order valence-corrected chi connectivity index (χ0v) is 13.3. The maximum absolute atomic E-state index is 12.0. The lowest BCUT2D eigenvalue weighted by Gasteiger charge is -2.48. The third kappa shape index (κ3) is 3.22. The summed E-state index contributed by atoms with van der Waals surface area (Å²) in [4.78, 5) is 12.0. The van der Waals surface area contributed by atoms with Crippen LogP contribution in [-0.2, 0) is 9.53 Å². The molecular formula is C17H26O4. The van der Waals surface area contributed by atoms with E-state index in [4.69, 9.17) is 4.74 Å². The molecule has 0 aromatic rings. The van der Waals surface area contributed by atoms with Crippen molar-refractivity contribution in [3.05, 3.63) is 23.3 Å². The number of rotatable bonds is 3. The number of carbonyl (C=O) groups excluding carboxylic acids is 1. The second-order valence-corrected chi connectivity index (χ2v) is 6.93. The molecule has 0 aliphatic heterocycles. The minimum absolute atomic E-state index is 0.149. The zero-order chi connectivity index (χ0) is 15.8. The molecule has 1 fully saturated rings. The number of ether oxygens (including phenoxy) is 1. The van der Waals surface area contributed by atoms with Crippen LogP contribution in [0.1, 0.15) is 47.0 Å². The molecule has 0 aromatic heterocycles. The van der Waals surface area contributed by atoms with Crippen LogP contribution in [0, 0.1) is 11.8 Å². The number of hydrogen-bond acceptors (Lipinski definition) is 4. The molecule has 1 unspecified atom stereocenters. The molecule has 2 rings (SSSR count). The van der Waals surface area contributed by atoms with E-state index in [-0.39, 0.29) is 17.8 Å². The summed E-state index contributed by atoms with van der Waals surface area (Å²) in [5.41, 5.74) is -0.328. The van der Waals surface area contributed by atoms with Crippen molar-refractivity contribution in [3.63, 3.8) is 0 Å². The van der Waals surface area contributed by atoms with Gasteiger partial charge in [0.05, 0.1) is 23.4 Å². The fraction of sp³-hybridized carbons (Fsp3) is 0.706. The lowest BCUT2D eigenvalue weighted by Crippen LogP contribution is -2.50. The first-order valence-corrected chi connectivity index (χ1v) is 7.71. The van der Waals surface area contributed by atoms with Gasteiger partial charge in [-0.15, -0.1) is 0 Å². The summed E-state index contributed by atoms with van der Waals surface area (Å²) < 4.78 is 5.08. The Hall–Kier alpha value is -1.13. The molecule has 21 heavy (non-hydrogen) atoms. The number of esters is 1. The fourth-order valence-corrected chi connectivity index (χ4v) is 3.63. The van der Waals surface area contributed by atoms with Gasteiger partial charge in [0, 0.05) is 11.8 Å². The highest BCUT2D eigenvalue weighted by molar-refractivity contribution is 5.92. The summed E-state index contributed by atoms with van der Waals surface area (Å²) in [6.45, 7) is 7.38. The molecular weight excluding hydrogens is 268 g/mol. The highest BCUT2D eigenvalue weighted by Crippen LogP contribution is 2.48. The Morgan fingerprint density at radius 1 is 1.52 bits per heavy atom. The molecule has 4 heteroatoms. The van der Waals surface area contributed by atoms with Crippen molar-refractivity contribution in [1.29, 1.82) is 0 Å². The number of aliphatic hydroxyl groups is 2. The van der Waals surface area contributed by atoms with Crippen LogP contribution in [0.4, 0.5) is 0 Å². The average molecular weight is 294 g/mol. The molecule has 2 aliphatic rings. The Balaban J connectivity index is 2.43. The number of hydrogen-bond donors (Lipinski definition) is 2. The summed E-state index contributed by atoms with van der Waals surface area (Å²) in [5, 5.41) is 21.2. The molecule has 3 atom stereocenters. The topological polar surface area (TPSA) is 66.8 Å². The van der Waals surface area contributed by atoms with E-state index in [9.17, 15) is 15.0 Å². The fourth-order valence-electron chi connectivity index (χ4n) is 3.63. The van der Waals surface area contributed by atoms with Gasteiger partial charge in [-0.3, -0.25) is 0 Å². The van der Waals surface area contributed by atoms with Crippen LogP contribution in [-0.4, -0.2) is 34.0 Å². The van der Waals surface area contributed by atoms with Crippen LogP contribution in [0.15, 0.2) is 23.3 Å². The summed E-state index contributed by atoms with van der Waals surface area (Å²) in [6.07, 6.45) is 6.07. The third-order valence-electron chi connectivity index (χ3n) is 4.60. The maximum atomic E-state index is 12.0. The molecule has 2 N–H and O–H groups in total. The summed E-state index contributed by atoms with van der Waals surface area (Å²) in [6, 6.07) is 0. The Bertz CT molecular complexity index is 480. The van der Waals surface area contributed by atoms with E-state index in [1.54, 1.807) is 26.8 Å². The first kappa shape index (κ1) is 16.2. The Morgan fingerprint density at radius 2 is 2.19 bits per heavy atom. The molecule has 0 bridgehead atoms. The van der Waals surface area contributed by atoms with Crippen molar-refractivity contribution in [3.8, 4) is 0 Å². The van der Waals surface area contributed by atoms with Gasteiger partial charge in [-0.1, -0.05) is 11.6 Å². The summed E-state index contributed by atoms with van der Waals surface area (Å²) >= 11 is 0. The average Bonchev–Trinajstić information content (AvgIpc) is 2.36. The lowest BCUT2D eigenvalue weighted by molar-refractivity contribution is -0.138. The molecule has 0 amide bonds. The molecule has 0 spiro atoms. The van der Waals surface area contributed by atoms with Gasteiger partial charge in [-0.05, 0) is 53.0 Å². The SMILES string of the molecule is CCOC(=O)C1=CC(C(C)(C)O)[C@H]2C(=C1)CCC[C@]2(C)O. The lowest BCUT2D eigenvalue weighted by atomic mass is 9.61. The van der Waals surface area contributed by atoms with Crippen LogP contribution >= 0.6 is 0 Å². The molecule has 0 heterocycles. The Morgan fingerprint density at radius 3 is 2.76 bits per heavy atom. The predicted molar refractivity (Wildman–Crippen MR) is 80.6 cm³/mol. The first-order valence-electron chi connectivity index (χ1n) is 7.71. The predicted octanol–water partition coefficient (Wildman–Crippen LogP) is 2.35. The highest BCUT2D eigenvalue weighted by atomic mass is 16.5. The largest absolute Gasteiger partial charge is 0.462 e. The van der Waals surface area contributed by atoms with Crippen molar-refractivity contribution in [1.82, 2.24) is 0 Å². The molecule has 0 radical (unpaired) electrons. The van der Waals surface area contributed by atoms with Gasteiger partial charge in [-0.25, -0.2) is 4.79 Å². The van der Waals surface area contributed by atoms with Gasteiger partial charge in [0.2, 0.25) is 0 Å². The molecule has 0 saturated heterocycles. The number of carbonyl (C=O) groups is 1. The van der Waals surface area contributed by atoms with Crippen molar-refractivity contribution in [2.45, 2.75) is 58.2 Å². The van der Waals surface area contributed by atoms with Crippen LogP contribution < -0.4 is 0 Å². The first-order chi connectivity index (χ1) is 9.66. The normalized spacial score (nSPS) is 32.9. The van der Waals surface area contributed by atoms with Crippen molar-refractivity contribution in [2.24, 2.45) is 11.8 Å². The Labute approximate surface area is 126 Å². The third-order valence-corrected chi connectivity index (χ3v) is 4.60. The van der Waals surface area contributed by atoms with Crippen LogP contribution in [0.5, 0.6) is 0 Å². The van der Waals surface area contributed by atoms with Gasteiger partial charge in [-0.2, -0.15) is 0 Å². The van der Waals surface area contributed by atoms with Gasteiger partial charge < -0.3 is 14.9 Å².